The summed E-state index contributed by atoms with van der Waals surface area (Å²) in [5.74, 6) is 1.22. The minimum atomic E-state index is -0.266. The van der Waals surface area contributed by atoms with Gasteiger partial charge in [0, 0.05) is 17.4 Å². The summed E-state index contributed by atoms with van der Waals surface area (Å²) in [6, 6.07) is 16.5. The molecule has 3 aromatic rings. The number of aromatic nitrogens is 1. The molecule has 132 valence electrons. The second-order valence-electron chi connectivity index (χ2n) is 5.51. The molecule has 2 aromatic carbocycles. The Bertz CT molecular complexity index is 981. The van der Waals surface area contributed by atoms with Crippen LogP contribution in [0.25, 0.3) is 11.1 Å². The molecule has 0 aliphatic rings. The number of H-pyrrole nitrogens is 1. The van der Waals surface area contributed by atoms with Gasteiger partial charge in [-0.25, -0.2) is 0 Å². The maximum absolute atomic E-state index is 12.5. The van der Waals surface area contributed by atoms with Crippen molar-refractivity contribution >= 4 is 23.8 Å². The number of hydrogen-bond donors (Lipinski definition) is 2. The average Bonchev–Trinajstić information content (AvgIpc) is 2.68. The summed E-state index contributed by atoms with van der Waals surface area (Å²) in [4.78, 5) is 15.3. The van der Waals surface area contributed by atoms with Gasteiger partial charge >= 0.3 is 0 Å². The van der Waals surface area contributed by atoms with Crippen molar-refractivity contribution in [3.05, 3.63) is 71.0 Å². The van der Waals surface area contributed by atoms with Crippen LogP contribution in [-0.4, -0.2) is 25.1 Å². The Morgan fingerprint density at radius 1 is 1.04 bits per heavy atom. The molecule has 0 bridgehead atoms. The number of nitrogens with one attached hydrogen (secondary N) is 2. The molecule has 0 unspecified atom stereocenters. The molecular weight excluding hydrogens is 348 g/mol. The van der Waals surface area contributed by atoms with Gasteiger partial charge in [0.25, 0.3) is 5.91 Å². The molecule has 2 N–H and O–H groups in total. The van der Waals surface area contributed by atoms with Gasteiger partial charge in [0.15, 0.2) is 0 Å². The fourth-order valence-corrected chi connectivity index (χ4v) is 2.81. The molecule has 0 saturated heterocycles. The fourth-order valence-electron chi connectivity index (χ4n) is 2.58. The topological polar surface area (TPSA) is 63.3 Å². The first kappa shape index (κ1) is 17.7. The zero-order chi connectivity index (χ0) is 18.5. The number of pyridine rings is 1. The lowest BCUT2D eigenvalue weighted by molar-refractivity contribution is 0.102. The molecule has 0 saturated carbocycles. The summed E-state index contributed by atoms with van der Waals surface area (Å²) >= 11 is 5.16. The first-order valence-electron chi connectivity index (χ1n) is 7.94. The molecule has 0 spiro atoms. The predicted octanol–water partition coefficient (Wildman–Crippen LogP) is 4.68. The van der Waals surface area contributed by atoms with Gasteiger partial charge < -0.3 is 19.8 Å². The average molecular weight is 366 g/mol. The van der Waals surface area contributed by atoms with Crippen LogP contribution in [0.5, 0.6) is 11.5 Å². The molecule has 1 amide bonds. The number of amides is 1. The van der Waals surface area contributed by atoms with Crippen LogP contribution < -0.4 is 14.8 Å². The van der Waals surface area contributed by atoms with Gasteiger partial charge in [-0.2, -0.15) is 0 Å². The van der Waals surface area contributed by atoms with Crippen LogP contribution in [0.15, 0.2) is 60.8 Å². The highest BCUT2D eigenvalue weighted by Gasteiger charge is 2.11. The van der Waals surface area contributed by atoms with Crippen molar-refractivity contribution in [1.29, 1.82) is 0 Å². The second-order valence-corrected chi connectivity index (χ2v) is 5.92. The zero-order valence-electron chi connectivity index (χ0n) is 14.4. The Balaban J connectivity index is 1.93. The van der Waals surface area contributed by atoms with Gasteiger partial charge in [-0.15, -0.1) is 0 Å². The van der Waals surface area contributed by atoms with Gasteiger partial charge in [0.05, 0.1) is 19.8 Å². The van der Waals surface area contributed by atoms with Crippen LogP contribution in [0.1, 0.15) is 10.4 Å². The number of anilines is 1. The largest absolute Gasteiger partial charge is 0.497 e. The van der Waals surface area contributed by atoms with E-state index in [0.29, 0.717) is 21.6 Å². The molecule has 0 aliphatic carbocycles. The molecule has 3 rings (SSSR count). The quantitative estimate of drug-likeness (QED) is 0.644. The summed E-state index contributed by atoms with van der Waals surface area (Å²) in [5, 5.41) is 2.88. The second kappa shape index (κ2) is 7.84. The summed E-state index contributed by atoms with van der Waals surface area (Å²) in [7, 11) is 3.24. The van der Waals surface area contributed by atoms with Gasteiger partial charge in [-0.05, 0) is 48.0 Å². The lowest BCUT2D eigenvalue weighted by atomic mass is 10.0. The van der Waals surface area contributed by atoms with Crippen molar-refractivity contribution in [3.8, 4) is 22.6 Å². The van der Waals surface area contributed by atoms with Crippen LogP contribution >= 0.6 is 12.2 Å². The van der Waals surface area contributed by atoms with Gasteiger partial charge in [0.2, 0.25) is 0 Å². The number of benzene rings is 2. The fraction of sp³-hybridized carbons (Fsp3) is 0.100. The molecule has 26 heavy (non-hydrogen) atoms. The Kier molecular flexibility index (Phi) is 5.34. The summed E-state index contributed by atoms with van der Waals surface area (Å²) < 4.78 is 11.0. The van der Waals surface area contributed by atoms with E-state index >= 15 is 0 Å². The van der Waals surface area contributed by atoms with Gasteiger partial charge in [0.1, 0.15) is 16.1 Å². The molecular formula is C20H18N2O3S. The maximum Gasteiger partial charge on any atom is 0.258 e. The number of ether oxygens (including phenoxy) is 2. The van der Waals surface area contributed by atoms with E-state index in [4.69, 9.17) is 21.7 Å². The molecule has 0 aliphatic heterocycles. The Labute approximate surface area is 156 Å². The molecule has 0 radical (unpaired) electrons. The van der Waals surface area contributed by atoms with Gasteiger partial charge in [-0.1, -0.05) is 24.4 Å². The predicted molar refractivity (Wildman–Crippen MR) is 105 cm³/mol. The minimum Gasteiger partial charge on any atom is -0.497 e. The third kappa shape index (κ3) is 3.75. The van der Waals surface area contributed by atoms with Crippen molar-refractivity contribution in [2.24, 2.45) is 0 Å². The van der Waals surface area contributed by atoms with Crippen molar-refractivity contribution in [2.45, 2.75) is 0 Å². The Morgan fingerprint density at radius 2 is 1.81 bits per heavy atom. The van der Waals surface area contributed by atoms with E-state index in [9.17, 15) is 4.79 Å². The number of aromatic amines is 1. The minimum absolute atomic E-state index is 0.266. The number of rotatable bonds is 5. The highest BCUT2D eigenvalue weighted by atomic mass is 32.1. The van der Waals surface area contributed by atoms with E-state index in [1.807, 2.05) is 36.4 Å². The van der Waals surface area contributed by atoms with Crippen LogP contribution in [0, 0.1) is 4.64 Å². The number of carbonyl (C=O) groups is 1. The molecule has 0 fully saturated rings. The summed E-state index contributed by atoms with van der Waals surface area (Å²) in [6.45, 7) is 0. The first-order valence-corrected chi connectivity index (χ1v) is 8.34. The van der Waals surface area contributed by atoms with E-state index in [0.717, 1.165) is 16.9 Å². The first-order chi connectivity index (χ1) is 12.6. The van der Waals surface area contributed by atoms with E-state index < -0.39 is 0 Å². The van der Waals surface area contributed by atoms with Crippen molar-refractivity contribution in [3.63, 3.8) is 0 Å². The van der Waals surface area contributed by atoms with Crippen LogP contribution in [0.2, 0.25) is 0 Å². The number of carbonyl (C=O) groups excluding carboxylic acids is 1. The SMILES string of the molecule is COc1ccc(-c2cc(NC(=O)c3ccc[nH]c3=S)ccc2OC)cc1. The molecule has 1 aromatic heterocycles. The Hall–Kier alpha value is -3.12. The van der Waals surface area contributed by atoms with E-state index in [1.54, 1.807) is 38.6 Å². The van der Waals surface area contributed by atoms with E-state index in [2.05, 4.69) is 10.3 Å². The zero-order valence-corrected chi connectivity index (χ0v) is 15.2. The van der Waals surface area contributed by atoms with Crippen molar-refractivity contribution < 1.29 is 14.3 Å². The van der Waals surface area contributed by atoms with E-state index in [-0.39, 0.29) is 5.91 Å². The third-order valence-corrected chi connectivity index (χ3v) is 4.26. The number of methoxy groups -OCH3 is 2. The molecule has 6 heteroatoms. The van der Waals surface area contributed by atoms with Crippen molar-refractivity contribution in [1.82, 2.24) is 4.98 Å². The monoisotopic (exact) mass is 366 g/mol. The lowest BCUT2D eigenvalue weighted by Crippen LogP contribution is -2.13. The maximum atomic E-state index is 12.5. The van der Waals surface area contributed by atoms with Crippen LogP contribution in [0.4, 0.5) is 5.69 Å². The van der Waals surface area contributed by atoms with E-state index in [1.165, 1.54) is 0 Å². The Morgan fingerprint density at radius 3 is 2.46 bits per heavy atom. The van der Waals surface area contributed by atoms with Crippen LogP contribution in [-0.2, 0) is 0 Å². The van der Waals surface area contributed by atoms with Crippen molar-refractivity contribution in [2.75, 3.05) is 19.5 Å². The lowest BCUT2D eigenvalue weighted by Gasteiger charge is -2.12. The molecule has 5 nitrogen and oxygen atoms in total. The third-order valence-electron chi connectivity index (χ3n) is 3.92. The highest BCUT2D eigenvalue weighted by molar-refractivity contribution is 7.71. The highest BCUT2D eigenvalue weighted by Crippen LogP contribution is 2.33. The molecule has 0 atom stereocenters. The van der Waals surface area contributed by atoms with Crippen LogP contribution in [0.3, 0.4) is 0 Å². The standard InChI is InChI=1S/C20H18N2O3S/c1-24-15-8-5-13(6-9-15)17-12-14(7-10-18(17)25-2)22-19(23)16-4-3-11-21-20(16)26/h3-12H,1-2H3,(H,21,26)(H,22,23). The van der Waals surface area contributed by atoms with Gasteiger partial charge in [-0.3, -0.25) is 4.79 Å². The summed E-state index contributed by atoms with van der Waals surface area (Å²) in [5.41, 5.74) is 2.89. The normalized spacial score (nSPS) is 10.2. The molecule has 1 heterocycles. The summed E-state index contributed by atoms with van der Waals surface area (Å²) in [6.07, 6.45) is 1.69. The number of hydrogen-bond acceptors (Lipinski definition) is 4. The smallest absolute Gasteiger partial charge is 0.258 e.